The van der Waals surface area contributed by atoms with E-state index in [4.69, 9.17) is 0 Å². The maximum absolute atomic E-state index is 13.3. The Hall–Kier alpha value is -3.20. The first kappa shape index (κ1) is 19.1. The Kier molecular flexibility index (Phi) is 4.62. The first-order valence-corrected chi connectivity index (χ1v) is 10.6. The van der Waals surface area contributed by atoms with Crippen molar-refractivity contribution in [2.45, 2.75) is 31.7 Å². The molecular weight excluding hydrogens is 392 g/mol. The number of rotatable bonds is 4. The summed E-state index contributed by atoms with van der Waals surface area (Å²) in [5.41, 5.74) is 0.174. The summed E-state index contributed by atoms with van der Waals surface area (Å²) in [4.78, 5) is 17.1. The number of benzene rings is 1. The Morgan fingerprint density at radius 1 is 1.21 bits per heavy atom. The number of aromatic nitrogens is 2. The largest absolute Gasteiger partial charge is 0.506 e. The van der Waals surface area contributed by atoms with Crippen LogP contribution in [0.4, 0.5) is 5.69 Å². The van der Waals surface area contributed by atoms with Gasteiger partial charge in [-0.25, -0.2) is 0 Å². The van der Waals surface area contributed by atoms with Crippen molar-refractivity contribution < 1.29 is 13.5 Å². The number of amidine groups is 1. The summed E-state index contributed by atoms with van der Waals surface area (Å²) in [6.45, 7) is 4.54. The van der Waals surface area contributed by atoms with Crippen LogP contribution in [0.1, 0.15) is 25.8 Å². The van der Waals surface area contributed by atoms with Crippen molar-refractivity contribution in [3.05, 3.63) is 58.6 Å². The van der Waals surface area contributed by atoms with Crippen LogP contribution in [0.3, 0.4) is 0 Å². The third kappa shape index (κ3) is 3.27. The number of hydrogen-bond acceptors (Lipinski definition) is 6. The zero-order valence-corrected chi connectivity index (χ0v) is 16.8. The number of para-hydroxylation sites is 1. The summed E-state index contributed by atoms with van der Waals surface area (Å²) < 4.78 is 30.5. The molecule has 1 aliphatic heterocycles. The molecule has 3 aromatic rings. The van der Waals surface area contributed by atoms with E-state index >= 15 is 0 Å². The fourth-order valence-electron chi connectivity index (χ4n) is 3.33. The standard InChI is InChI=1S/C20H20N4O4S/c1-12(2)8-10-24-15-6-4-3-5-13(15)18(25)17(20(24)26)19-22-14-7-9-21-11-16(14)29(27,28)23-19/h3-7,9,11-12,25H,8,10H2,1-2H3,(H,22,23). The number of aromatic hydroxyl groups is 1. The van der Waals surface area contributed by atoms with Gasteiger partial charge in [0.2, 0.25) is 0 Å². The molecule has 0 saturated heterocycles. The highest BCUT2D eigenvalue weighted by atomic mass is 32.2. The average Bonchev–Trinajstić information content (AvgIpc) is 2.67. The lowest BCUT2D eigenvalue weighted by atomic mass is 10.1. The molecule has 0 saturated carbocycles. The summed E-state index contributed by atoms with van der Waals surface area (Å²) in [7, 11) is -4.06. The van der Waals surface area contributed by atoms with Gasteiger partial charge in [-0.3, -0.25) is 9.78 Å². The number of anilines is 1. The van der Waals surface area contributed by atoms with Crippen LogP contribution in [0.2, 0.25) is 0 Å². The SMILES string of the molecule is CC(C)CCn1c(=O)c(C2=NS(=O)(=O)c3cnccc3N2)c(O)c2ccccc21. The summed E-state index contributed by atoms with van der Waals surface area (Å²) >= 11 is 0. The van der Waals surface area contributed by atoms with Gasteiger partial charge in [0.15, 0.2) is 5.84 Å². The van der Waals surface area contributed by atoms with Gasteiger partial charge in [-0.05, 0) is 30.5 Å². The highest BCUT2D eigenvalue weighted by Crippen LogP contribution is 2.31. The second-order valence-corrected chi connectivity index (χ2v) is 8.86. The van der Waals surface area contributed by atoms with Gasteiger partial charge in [0.25, 0.3) is 15.6 Å². The van der Waals surface area contributed by atoms with Gasteiger partial charge >= 0.3 is 0 Å². The minimum atomic E-state index is -4.06. The monoisotopic (exact) mass is 412 g/mol. The molecule has 2 aromatic heterocycles. The van der Waals surface area contributed by atoms with Gasteiger partial charge in [-0.15, -0.1) is 4.40 Å². The van der Waals surface area contributed by atoms with E-state index in [-0.39, 0.29) is 27.7 Å². The highest BCUT2D eigenvalue weighted by molar-refractivity contribution is 7.90. The van der Waals surface area contributed by atoms with Gasteiger partial charge < -0.3 is 15.0 Å². The molecule has 0 bridgehead atoms. The summed E-state index contributed by atoms with van der Waals surface area (Å²) in [5.74, 6) is -0.136. The number of pyridine rings is 2. The van der Waals surface area contributed by atoms with Crippen molar-refractivity contribution in [3.8, 4) is 5.75 Å². The Balaban J connectivity index is 1.98. The predicted octanol–water partition coefficient (Wildman–Crippen LogP) is 2.71. The van der Waals surface area contributed by atoms with Gasteiger partial charge in [0.05, 0.1) is 11.2 Å². The fourth-order valence-corrected chi connectivity index (χ4v) is 4.40. The normalized spacial score (nSPS) is 15.1. The maximum Gasteiger partial charge on any atom is 0.287 e. The molecule has 0 amide bonds. The number of fused-ring (bicyclic) bond motifs is 2. The van der Waals surface area contributed by atoms with E-state index in [1.54, 1.807) is 28.8 Å². The Morgan fingerprint density at radius 3 is 2.72 bits per heavy atom. The predicted molar refractivity (Wildman–Crippen MR) is 111 cm³/mol. The van der Waals surface area contributed by atoms with E-state index in [1.807, 2.05) is 0 Å². The molecule has 8 nitrogen and oxygen atoms in total. The van der Waals surface area contributed by atoms with Gasteiger partial charge in [0, 0.05) is 24.3 Å². The van der Waals surface area contributed by atoms with Gasteiger partial charge in [-0.1, -0.05) is 26.0 Å². The lowest BCUT2D eigenvalue weighted by molar-refractivity contribution is 0.474. The summed E-state index contributed by atoms with van der Waals surface area (Å²) in [5, 5.41) is 14.2. The number of nitrogens with one attached hydrogen (secondary N) is 1. The van der Waals surface area contributed by atoms with E-state index in [0.717, 1.165) is 6.42 Å². The van der Waals surface area contributed by atoms with Crippen molar-refractivity contribution in [1.29, 1.82) is 0 Å². The van der Waals surface area contributed by atoms with Crippen molar-refractivity contribution in [2.75, 3.05) is 5.32 Å². The molecule has 150 valence electrons. The van der Waals surface area contributed by atoms with E-state index < -0.39 is 15.6 Å². The molecular formula is C20H20N4O4S. The van der Waals surface area contributed by atoms with Crippen LogP contribution in [0.25, 0.3) is 10.9 Å². The van der Waals surface area contributed by atoms with E-state index in [0.29, 0.717) is 23.4 Å². The maximum atomic E-state index is 13.3. The first-order valence-electron chi connectivity index (χ1n) is 9.20. The lowest BCUT2D eigenvalue weighted by Gasteiger charge is -2.20. The van der Waals surface area contributed by atoms with E-state index in [9.17, 15) is 18.3 Å². The second-order valence-electron chi connectivity index (χ2n) is 7.29. The number of aryl methyl sites for hydroxylation is 1. The molecule has 0 unspecified atom stereocenters. The van der Waals surface area contributed by atoms with Crippen LogP contribution in [0.15, 0.2) is 56.8 Å². The minimum Gasteiger partial charge on any atom is -0.506 e. The van der Waals surface area contributed by atoms with E-state index in [1.165, 1.54) is 18.5 Å². The average molecular weight is 412 g/mol. The zero-order valence-electron chi connectivity index (χ0n) is 16.0. The van der Waals surface area contributed by atoms with Crippen molar-refractivity contribution in [3.63, 3.8) is 0 Å². The fraction of sp³-hybridized carbons (Fsp3) is 0.250. The van der Waals surface area contributed by atoms with Crippen LogP contribution >= 0.6 is 0 Å². The Labute approximate surface area is 167 Å². The van der Waals surface area contributed by atoms with Gasteiger partial charge in [-0.2, -0.15) is 8.42 Å². The molecule has 0 radical (unpaired) electrons. The number of sulfonamides is 1. The molecule has 9 heteroatoms. The van der Waals surface area contributed by atoms with E-state index in [2.05, 4.69) is 28.5 Å². The van der Waals surface area contributed by atoms with Crippen LogP contribution < -0.4 is 10.9 Å². The second kappa shape index (κ2) is 7.00. The molecule has 29 heavy (non-hydrogen) atoms. The molecule has 0 fully saturated rings. The third-order valence-electron chi connectivity index (χ3n) is 4.84. The minimum absolute atomic E-state index is 0.0795. The number of hydrogen-bond donors (Lipinski definition) is 2. The molecule has 2 N–H and O–H groups in total. The molecule has 4 rings (SSSR count). The first-order chi connectivity index (χ1) is 13.8. The number of nitrogens with zero attached hydrogens (tertiary/aromatic N) is 3. The Morgan fingerprint density at radius 2 is 1.97 bits per heavy atom. The molecule has 1 aliphatic rings. The highest BCUT2D eigenvalue weighted by Gasteiger charge is 2.29. The van der Waals surface area contributed by atoms with Crippen LogP contribution in [0, 0.1) is 5.92 Å². The lowest BCUT2D eigenvalue weighted by Crippen LogP contribution is -2.33. The Bertz CT molecular complexity index is 1310. The van der Waals surface area contributed by atoms with Crippen molar-refractivity contribution >= 4 is 32.4 Å². The smallest absolute Gasteiger partial charge is 0.287 e. The molecule has 0 spiro atoms. The zero-order chi connectivity index (χ0) is 20.8. The molecule has 0 aliphatic carbocycles. The van der Waals surface area contributed by atoms with Crippen LogP contribution in [0.5, 0.6) is 5.75 Å². The van der Waals surface area contributed by atoms with Crippen molar-refractivity contribution in [1.82, 2.24) is 9.55 Å². The van der Waals surface area contributed by atoms with Crippen LogP contribution in [-0.2, 0) is 16.6 Å². The summed E-state index contributed by atoms with van der Waals surface area (Å²) in [6, 6.07) is 8.47. The van der Waals surface area contributed by atoms with Crippen LogP contribution in [-0.4, -0.2) is 28.9 Å². The third-order valence-corrected chi connectivity index (χ3v) is 6.14. The van der Waals surface area contributed by atoms with Gasteiger partial charge in [0.1, 0.15) is 16.2 Å². The topological polar surface area (TPSA) is 114 Å². The molecule has 0 atom stereocenters. The molecule has 1 aromatic carbocycles. The van der Waals surface area contributed by atoms with Crippen molar-refractivity contribution in [2.24, 2.45) is 10.3 Å². The quantitative estimate of drug-likeness (QED) is 0.681. The summed E-state index contributed by atoms with van der Waals surface area (Å²) in [6.07, 6.45) is 3.38. The molecule has 3 heterocycles.